The van der Waals surface area contributed by atoms with Gasteiger partial charge in [-0.15, -0.1) is 0 Å². The molecule has 0 spiro atoms. The summed E-state index contributed by atoms with van der Waals surface area (Å²) < 4.78 is 6.42. The minimum Gasteiger partial charge on any atom is -0.390 e. The first kappa shape index (κ1) is 33.6. The predicted molar refractivity (Wildman–Crippen MR) is 159 cm³/mol. The van der Waals surface area contributed by atoms with E-state index in [-0.39, 0.29) is 6.10 Å². The number of ether oxygens (including phenoxy) is 1. The van der Waals surface area contributed by atoms with Crippen molar-refractivity contribution in [1.82, 2.24) is 0 Å². The standard InChI is InChI=1S/C34H58O3/c1-8-9-10-11-25-37-33-31(6)30(5)20-22-32(33)21-19-28(3)16-12-15-27(2)17-13-23-34(7,36)24-14-18-29(4)26-35/h17,20,22,28,31,33,36H,8-16,18-19,21,23-25H2,1-7H3. The summed E-state index contributed by atoms with van der Waals surface area (Å²) in [6.45, 7) is 16.0. The Kier molecular flexibility index (Phi) is 17.1. The summed E-state index contributed by atoms with van der Waals surface area (Å²) in [7, 11) is 0. The van der Waals surface area contributed by atoms with Crippen LogP contribution in [-0.4, -0.2) is 29.4 Å². The van der Waals surface area contributed by atoms with Crippen molar-refractivity contribution in [1.29, 1.82) is 0 Å². The van der Waals surface area contributed by atoms with Crippen LogP contribution in [-0.2, 0) is 9.53 Å². The van der Waals surface area contributed by atoms with Crippen LogP contribution in [0.4, 0.5) is 0 Å². The largest absolute Gasteiger partial charge is 0.390 e. The smallest absolute Gasteiger partial charge is 0.123 e. The summed E-state index contributed by atoms with van der Waals surface area (Å²) in [5.41, 5.74) is 4.43. The molecule has 1 aliphatic rings. The van der Waals surface area contributed by atoms with Gasteiger partial charge in [0.25, 0.3) is 0 Å². The van der Waals surface area contributed by atoms with Gasteiger partial charge in [0.1, 0.15) is 5.94 Å². The Morgan fingerprint density at radius 3 is 2.57 bits per heavy atom. The summed E-state index contributed by atoms with van der Waals surface area (Å²) in [6.07, 6.45) is 22.2. The van der Waals surface area contributed by atoms with Crippen molar-refractivity contribution in [3.8, 4) is 0 Å². The van der Waals surface area contributed by atoms with Gasteiger partial charge < -0.3 is 9.84 Å². The lowest BCUT2D eigenvalue weighted by atomic mass is 9.83. The first-order valence-corrected chi connectivity index (χ1v) is 15.2. The number of allylic oxidation sites excluding steroid dienone is 5. The van der Waals surface area contributed by atoms with E-state index in [2.05, 4.69) is 52.8 Å². The molecule has 37 heavy (non-hydrogen) atoms. The fraction of sp³-hybridized carbons (Fsp3) is 0.765. The van der Waals surface area contributed by atoms with Crippen molar-refractivity contribution >= 4 is 5.94 Å². The van der Waals surface area contributed by atoms with Crippen LogP contribution in [0.25, 0.3) is 0 Å². The van der Waals surface area contributed by atoms with Crippen LogP contribution < -0.4 is 0 Å². The zero-order chi connectivity index (χ0) is 27.7. The Labute approximate surface area is 229 Å². The Bertz CT molecular complexity index is 779. The molecule has 0 amide bonds. The van der Waals surface area contributed by atoms with Crippen molar-refractivity contribution in [2.45, 2.75) is 150 Å². The highest BCUT2D eigenvalue weighted by atomic mass is 16.5. The van der Waals surface area contributed by atoms with Crippen LogP contribution >= 0.6 is 0 Å². The van der Waals surface area contributed by atoms with E-state index in [1.807, 2.05) is 19.8 Å². The molecule has 0 aromatic carbocycles. The van der Waals surface area contributed by atoms with Crippen molar-refractivity contribution in [3.05, 3.63) is 40.5 Å². The van der Waals surface area contributed by atoms with Crippen LogP contribution in [0.15, 0.2) is 40.5 Å². The molecule has 0 heterocycles. The Morgan fingerprint density at radius 1 is 1.11 bits per heavy atom. The maximum atomic E-state index is 10.6. The Morgan fingerprint density at radius 2 is 1.86 bits per heavy atom. The molecule has 0 fully saturated rings. The molecule has 0 saturated carbocycles. The highest BCUT2D eigenvalue weighted by molar-refractivity contribution is 5.50. The van der Waals surface area contributed by atoms with Crippen LogP contribution in [0.2, 0.25) is 0 Å². The SMILES string of the molecule is CCCCCCOC1C(CCC(C)CCCC(C)=CCCC(C)(O)CCCC(C)=C=O)=CC=C(C)C1C. The van der Waals surface area contributed by atoms with Gasteiger partial charge in [-0.05, 0) is 103 Å². The third kappa shape index (κ3) is 14.9. The third-order valence-electron chi connectivity index (χ3n) is 8.20. The van der Waals surface area contributed by atoms with E-state index < -0.39 is 5.60 Å². The molecule has 3 heteroatoms. The van der Waals surface area contributed by atoms with Crippen molar-refractivity contribution in [3.63, 3.8) is 0 Å². The maximum Gasteiger partial charge on any atom is 0.123 e. The van der Waals surface area contributed by atoms with Gasteiger partial charge in [-0.2, -0.15) is 0 Å². The topological polar surface area (TPSA) is 46.5 Å². The highest BCUT2D eigenvalue weighted by Gasteiger charge is 2.26. The van der Waals surface area contributed by atoms with Crippen molar-refractivity contribution in [2.75, 3.05) is 6.61 Å². The van der Waals surface area contributed by atoms with Gasteiger partial charge in [-0.25, -0.2) is 4.79 Å². The summed E-state index contributed by atoms with van der Waals surface area (Å²) >= 11 is 0. The van der Waals surface area contributed by atoms with E-state index in [4.69, 9.17) is 4.74 Å². The van der Waals surface area contributed by atoms with Crippen LogP contribution in [0.1, 0.15) is 138 Å². The third-order valence-corrected chi connectivity index (χ3v) is 8.20. The molecular weight excluding hydrogens is 456 g/mol. The summed E-state index contributed by atoms with van der Waals surface area (Å²) in [5.74, 6) is 3.14. The van der Waals surface area contributed by atoms with Gasteiger partial charge in [0.05, 0.1) is 11.7 Å². The first-order valence-electron chi connectivity index (χ1n) is 15.2. The first-order chi connectivity index (χ1) is 17.6. The number of carbonyl (C=O) groups excluding carboxylic acids is 1. The van der Waals surface area contributed by atoms with Gasteiger partial charge >= 0.3 is 0 Å². The zero-order valence-electron chi connectivity index (χ0n) is 25.3. The van der Waals surface area contributed by atoms with Crippen LogP contribution in [0, 0.1) is 11.8 Å². The van der Waals surface area contributed by atoms with E-state index >= 15 is 0 Å². The molecule has 4 atom stereocenters. The minimum absolute atomic E-state index is 0.256. The molecule has 0 aromatic rings. The van der Waals surface area contributed by atoms with Gasteiger partial charge in [0.15, 0.2) is 0 Å². The maximum absolute atomic E-state index is 10.6. The van der Waals surface area contributed by atoms with Gasteiger partial charge in [0, 0.05) is 18.1 Å². The van der Waals surface area contributed by atoms with E-state index in [0.29, 0.717) is 11.8 Å². The number of rotatable bonds is 20. The predicted octanol–water partition coefficient (Wildman–Crippen LogP) is 9.49. The Balaban J connectivity index is 2.35. The number of hydrogen-bond acceptors (Lipinski definition) is 3. The lowest BCUT2D eigenvalue weighted by Gasteiger charge is -2.31. The van der Waals surface area contributed by atoms with Crippen LogP contribution in [0.3, 0.4) is 0 Å². The lowest BCUT2D eigenvalue weighted by Crippen LogP contribution is -2.28. The fourth-order valence-electron chi connectivity index (χ4n) is 5.19. The normalized spacial score (nSPS) is 20.6. The Hall–Kier alpha value is -1.41. The van der Waals surface area contributed by atoms with E-state index in [0.717, 1.165) is 57.1 Å². The highest BCUT2D eigenvalue weighted by Crippen LogP contribution is 2.32. The summed E-state index contributed by atoms with van der Waals surface area (Å²) in [6, 6.07) is 0. The molecule has 0 radical (unpaired) electrons. The van der Waals surface area contributed by atoms with Gasteiger partial charge in [0.2, 0.25) is 0 Å². The lowest BCUT2D eigenvalue weighted by molar-refractivity contribution is 0.0410. The quantitative estimate of drug-likeness (QED) is 0.0999. The molecule has 1 N–H and O–H groups in total. The molecule has 3 nitrogen and oxygen atoms in total. The number of unbranched alkanes of at least 4 members (excludes halogenated alkanes) is 3. The molecule has 0 bridgehead atoms. The molecule has 212 valence electrons. The molecule has 4 unspecified atom stereocenters. The van der Waals surface area contributed by atoms with Crippen molar-refractivity contribution < 1.29 is 14.6 Å². The number of aliphatic hydroxyl groups is 1. The summed E-state index contributed by atoms with van der Waals surface area (Å²) in [4.78, 5) is 10.6. The van der Waals surface area contributed by atoms with Gasteiger partial charge in [-0.1, -0.05) is 75.8 Å². The second-order valence-corrected chi connectivity index (χ2v) is 12.2. The van der Waals surface area contributed by atoms with Gasteiger partial charge in [-0.3, -0.25) is 0 Å². The van der Waals surface area contributed by atoms with E-state index in [9.17, 15) is 9.90 Å². The molecule has 0 aromatic heterocycles. The zero-order valence-corrected chi connectivity index (χ0v) is 25.3. The molecule has 0 aliphatic heterocycles. The number of hydrogen-bond donors (Lipinski definition) is 1. The molecular formula is C34H58O3. The monoisotopic (exact) mass is 514 g/mol. The van der Waals surface area contributed by atoms with E-state index in [1.165, 1.54) is 61.7 Å². The fourth-order valence-corrected chi connectivity index (χ4v) is 5.19. The molecule has 0 saturated heterocycles. The van der Waals surface area contributed by atoms with Crippen LogP contribution in [0.5, 0.6) is 0 Å². The second kappa shape index (κ2) is 18.8. The summed E-state index contributed by atoms with van der Waals surface area (Å²) in [5, 5.41) is 10.6. The minimum atomic E-state index is -0.662. The average molecular weight is 515 g/mol. The second-order valence-electron chi connectivity index (χ2n) is 12.2. The molecule has 1 aliphatic carbocycles. The van der Waals surface area contributed by atoms with E-state index in [1.54, 1.807) is 0 Å². The average Bonchev–Trinajstić information content (AvgIpc) is 2.85. The van der Waals surface area contributed by atoms with Crippen molar-refractivity contribution in [2.24, 2.45) is 11.8 Å². The molecule has 1 rings (SSSR count).